The van der Waals surface area contributed by atoms with Crippen molar-refractivity contribution in [3.63, 3.8) is 0 Å². The number of carboxylic acids is 1. The van der Waals surface area contributed by atoms with Crippen molar-refractivity contribution in [3.05, 3.63) is 12.7 Å². The molecular weight excluding hydrogens is 1180 g/mol. The van der Waals surface area contributed by atoms with Crippen molar-refractivity contribution >= 4 is 82.0 Å². The van der Waals surface area contributed by atoms with Gasteiger partial charge in [-0.05, 0) is 141 Å². The number of anilines is 1. The summed E-state index contributed by atoms with van der Waals surface area (Å²) in [5.74, 6) is -8.06. The van der Waals surface area contributed by atoms with Gasteiger partial charge < -0.3 is 91.5 Å². The standard InChI is InChI=1S/C59H106N20O12/c1-35(2)27-44(53(84)66-30-47(81)72-46(59(90)91)29-37(5)6)76-57(88)42(20-12-16-25-65-48(82)31-78(26-24-63)34-79-33-69-49-50(64)67-32-68-51(49)79)73-52(83)38(7)70-54(85)41(18-10-14-22-61)74-56(87)43(19-11-15-23-62)75-58(89)45(28-36(3)4)77-55(86)40(71-39(8)80)17-9-13-21-60/h32-33,35-38,40-46H,9-31,34,60-63H2,1-8H3,(H,65,82)(H,66,84)(H,70,85)(H,71,80)(H,72,81)(H,73,83)(H,74,87)(H,75,89)(H,76,88)(H,77,86)(H,90,91)(H2,64,67,68)/t38-,40-,41-,42-,43-,44-,45-,46-/m0/s1. The Hall–Kier alpha value is -7.68. The van der Waals surface area contributed by atoms with Crippen molar-refractivity contribution in [2.45, 2.75) is 207 Å². The van der Waals surface area contributed by atoms with E-state index in [0.29, 0.717) is 69.2 Å². The molecule has 0 radical (unpaired) electrons. The van der Waals surface area contributed by atoms with Gasteiger partial charge in [-0.25, -0.2) is 19.7 Å². The predicted octanol–water partition coefficient (Wildman–Crippen LogP) is -2.44. The minimum absolute atomic E-state index is 0.0294. The molecule has 0 saturated carbocycles. The van der Waals surface area contributed by atoms with E-state index in [4.69, 9.17) is 28.7 Å². The predicted molar refractivity (Wildman–Crippen MR) is 342 cm³/mol. The SMILES string of the molecule is CC(=O)N[C@@H](CCCCN)C(=O)N[C@@H](CC(C)C)C(=O)N[C@@H](CCCCN)C(=O)N[C@@H](CCCCN)C(=O)N[C@@H](C)C(=O)N[C@@H](CCCCNC(=O)CN(CCN)Cn1cnc2c(N)ncnc21)C(=O)N[C@@H](CC(C)C)C(=O)NCC(=O)N[C@@H](CC(C)C)C(=O)O. The van der Waals surface area contributed by atoms with Gasteiger partial charge in [0, 0.05) is 26.6 Å². The number of nitrogen functional groups attached to an aromatic ring is 1. The van der Waals surface area contributed by atoms with Gasteiger partial charge in [0.05, 0.1) is 26.1 Å². The summed E-state index contributed by atoms with van der Waals surface area (Å²) in [6, 6.07) is -9.65. The number of hydrogen-bond donors (Lipinski definition) is 16. The molecule has 91 heavy (non-hydrogen) atoms. The Morgan fingerprint density at radius 1 is 0.495 bits per heavy atom. The van der Waals surface area contributed by atoms with E-state index in [1.54, 1.807) is 37.2 Å². The normalized spacial score (nSPS) is 14.1. The summed E-state index contributed by atoms with van der Waals surface area (Å²) in [4.78, 5) is 163. The first-order valence-corrected chi connectivity index (χ1v) is 31.7. The van der Waals surface area contributed by atoms with Gasteiger partial charge in [0.2, 0.25) is 59.1 Å². The summed E-state index contributed by atoms with van der Waals surface area (Å²) in [5.41, 5.74) is 30.0. The van der Waals surface area contributed by atoms with E-state index in [1.807, 2.05) is 13.8 Å². The van der Waals surface area contributed by atoms with Gasteiger partial charge >= 0.3 is 5.97 Å². The highest BCUT2D eigenvalue weighted by Crippen LogP contribution is 2.16. The number of carboxylic acid groups (broad SMARTS) is 1. The molecule has 21 N–H and O–H groups in total. The van der Waals surface area contributed by atoms with E-state index in [-0.39, 0.29) is 120 Å². The molecule has 2 heterocycles. The summed E-state index contributed by atoms with van der Waals surface area (Å²) < 4.78 is 1.71. The molecule has 32 heteroatoms. The fourth-order valence-electron chi connectivity index (χ4n) is 9.76. The van der Waals surface area contributed by atoms with E-state index in [9.17, 15) is 57.8 Å². The van der Waals surface area contributed by atoms with Crippen LogP contribution in [0.25, 0.3) is 11.2 Å². The zero-order valence-electron chi connectivity index (χ0n) is 54.5. The monoisotopic (exact) mass is 1290 g/mol. The van der Waals surface area contributed by atoms with Crippen molar-refractivity contribution in [3.8, 4) is 0 Å². The first-order valence-electron chi connectivity index (χ1n) is 31.7. The second-order valence-electron chi connectivity index (χ2n) is 24.2. The lowest BCUT2D eigenvalue weighted by Gasteiger charge is -2.28. The van der Waals surface area contributed by atoms with E-state index < -0.39 is 114 Å². The summed E-state index contributed by atoms with van der Waals surface area (Å²) in [6.45, 7) is 14.8. The maximum Gasteiger partial charge on any atom is 0.326 e. The number of rotatable bonds is 47. The van der Waals surface area contributed by atoms with Crippen molar-refractivity contribution < 1.29 is 57.8 Å². The highest BCUT2D eigenvalue weighted by atomic mass is 16.4. The number of fused-ring (bicyclic) bond motifs is 1. The molecule has 0 aliphatic rings. The number of carbonyl (C=O) groups excluding carboxylic acids is 10. The van der Waals surface area contributed by atoms with E-state index in [1.165, 1.54) is 26.5 Å². The lowest BCUT2D eigenvalue weighted by atomic mass is 10.0. The summed E-state index contributed by atoms with van der Waals surface area (Å²) in [5, 5.41) is 36.4. The van der Waals surface area contributed by atoms with Crippen LogP contribution < -0.4 is 81.8 Å². The van der Waals surface area contributed by atoms with E-state index >= 15 is 0 Å². The zero-order valence-corrected chi connectivity index (χ0v) is 54.5. The number of hydrogen-bond acceptors (Lipinski definition) is 20. The van der Waals surface area contributed by atoms with Gasteiger partial charge in [-0.1, -0.05) is 41.5 Å². The number of aromatic nitrogens is 4. The molecule has 0 aliphatic heterocycles. The average molecular weight is 1290 g/mol. The number of nitrogens with two attached hydrogens (primary N) is 5. The van der Waals surface area contributed by atoms with Crippen LogP contribution >= 0.6 is 0 Å². The molecule has 8 atom stereocenters. The van der Waals surface area contributed by atoms with Crippen LogP contribution in [0.4, 0.5) is 5.82 Å². The Balaban J connectivity index is 2.39. The molecule has 0 aliphatic carbocycles. The summed E-state index contributed by atoms with van der Waals surface area (Å²) in [6.07, 6.45) is 7.07. The van der Waals surface area contributed by atoms with Crippen LogP contribution in [0.1, 0.15) is 152 Å². The summed E-state index contributed by atoms with van der Waals surface area (Å²) >= 11 is 0. The molecule has 0 fully saturated rings. The molecule has 2 aromatic rings. The Kier molecular flexibility index (Phi) is 37.7. The third-order valence-corrected chi connectivity index (χ3v) is 14.5. The lowest BCUT2D eigenvalue weighted by Crippen LogP contribution is -2.60. The van der Waals surface area contributed by atoms with Crippen molar-refractivity contribution in [2.75, 3.05) is 58.1 Å². The minimum atomic E-state index is -1.34. The van der Waals surface area contributed by atoms with Gasteiger partial charge in [0.25, 0.3) is 0 Å². The molecule has 0 bridgehead atoms. The van der Waals surface area contributed by atoms with Crippen LogP contribution in [0.3, 0.4) is 0 Å². The lowest BCUT2D eigenvalue weighted by molar-refractivity contribution is -0.142. The molecule has 10 amide bonds. The first kappa shape index (κ1) is 79.4. The summed E-state index contributed by atoms with van der Waals surface area (Å²) in [7, 11) is 0. The number of aliphatic carboxylic acids is 1. The molecule has 32 nitrogen and oxygen atoms in total. The van der Waals surface area contributed by atoms with Crippen LogP contribution in [-0.2, 0) is 59.4 Å². The molecule has 0 saturated heterocycles. The molecule has 0 unspecified atom stereocenters. The van der Waals surface area contributed by atoms with Crippen LogP contribution in [-0.4, -0.2) is 195 Å². The minimum Gasteiger partial charge on any atom is -0.480 e. The van der Waals surface area contributed by atoms with Gasteiger partial charge in [-0.2, -0.15) is 0 Å². The number of nitrogens with zero attached hydrogens (tertiary/aromatic N) is 5. The van der Waals surface area contributed by atoms with Gasteiger partial charge in [-0.15, -0.1) is 0 Å². The molecule has 0 aromatic carbocycles. The van der Waals surface area contributed by atoms with Crippen LogP contribution in [0, 0.1) is 17.8 Å². The number of nitrogens with one attached hydrogen (secondary N) is 10. The van der Waals surface area contributed by atoms with Crippen molar-refractivity contribution in [1.82, 2.24) is 77.6 Å². The third kappa shape index (κ3) is 31.3. The Labute approximate surface area is 533 Å². The third-order valence-electron chi connectivity index (χ3n) is 14.5. The second kappa shape index (κ2) is 43.2. The van der Waals surface area contributed by atoms with Gasteiger partial charge in [-0.3, -0.25) is 52.8 Å². The number of carbonyl (C=O) groups is 11. The number of imidazole rings is 1. The maximum atomic E-state index is 14.4. The maximum absolute atomic E-state index is 14.4. The molecule has 0 spiro atoms. The van der Waals surface area contributed by atoms with Gasteiger partial charge in [0.15, 0.2) is 11.5 Å². The fourth-order valence-corrected chi connectivity index (χ4v) is 9.76. The molecule has 2 rings (SSSR count). The largest absolute Gasteiger partial charge is 0.480 e. The Bertz CT molecular complexity index is 2640. The highest BCUT2D eigenvalue weighted by molar-refractivity contribution is 5.98. The van der Waals surface area contributed by atoms with E-state index in [0.717, 1.165) is 0 Å². The Morgan fingerprint density at radius 2 is 0.934 bits per heavy atom. The molecule has 514 valence electrons. The van der Waals surface area contributed by atoms with Gasteiger partial charge in [0.1, 0.15) is 60.2 Å². The molecular formula is C59H106N20O12. The number of amides is 10. The van der Waals surface area contributed by atoms with E-state index in [2.05, 4.69) is 68.1 Å². The smallest absolute Gasteiger partial charge is 0.326 e. The average Bonchev–Trinajstić information content (AvgIpc) is 1.79. The first-order chi connectivity index (χ1) is 43.1. The fraction of sp³-hybridized carbons (Fsp3) is 0.729. The van der Waals surface area contributed by atoms with Crippen LogP contribution in [0.15, 0.2) is 12.7 Å². The Morgan fingerprint density at radius 3 is 1.41 bits per heavy atom. The molecule has 2 aromatic heterocycles. The second-order valence-corrected chi connectivity index (χ2v) is 24.2. The quantitative estimate of drug-likeness (QED) is 0.0306. The highest BCUT2D eigenvalue weighted by Gasteiger charge is 2.34. The number of unbranched alkanes of at least 4 members (excludes halogenated alkanes) is 4. The van der Waals surface area contributed by atoms with Crippen molar-refractivity contribution in [1.29, 1.82) is 0 Å². The van der Waals surface area contributed by atoms with Crippen LogP contribution in [0.2, 0.25) is 0 Å². The van der Waals surface area contributed by atoms with Crippen molar-refractivity contribution in [2.24, 2.45) is 40.7 Å². The van der Waals surface area contributed by atoms with Crippen LogP contribution in [0.5, 0.6) is 0 Å². The zero-order chi connectivity index (χ0) is 68.2. The topological polar surface area (TPSA) is 505 Å².